The van der Waals surface area contributed by atoms with Gasteiger partial charge in [0.15, 0.2) is 0 Å². The third-order valence-corrected chi connectivity index (χ3v) is 2.70. The van der Waals surface area contributed by atoms with Crippen LogP contribution in [0.4, 0.5) is 0 Å². The third-order valence-electron chi connectivity index (χ3n) is 2.70. The van der Waals surface area contributed by atoms with Crippen molar-refractivity contribution < 1.29 is 9.53 Å². The van der Waals surface area contributed by atoms with E-state index in [1.807, 2.05) is 6.08 Å². The minimum Gasteiger partial charge on any atom is -0.365 e. The van der Waals surface area contributed by atoms with Gasteiger partial charge in [-0.2, -0.15) is 0 Å². The number of ether oxygens (including phenoxy) is 1. The predicted molar refractivity (Wildman–Crippen MR) is 52.6 cm³/mol. The Hall–Kier alpha value is -0.630. The molecule has 0 amide bonds. The molecule has 0 bridgehead atoms. The van der Waals surface area contributed by atoms with Gasteiger partial charge < -0.3 is 9.53 Å². The molecule has 1 aliphatic heterocycles. The number of allylic oxidation sites excluding steroid dienone is 1. The number of rotatable bonds is 4. The molecule has 0 aromatic heterocycles. The van der Waals surface area contributed by atoms with Crippen LogP contribution in [-0.4, -0.2) is 18.0 Å². The Morgan fingerprint density at radius 1 is 1.77 bits per heavy atom. The molecule has 0 radical (unpaired) electrons. The van der Waals surface area contributed by atoms with Crippen molar-refractivity contribution in [3.05, 3.63) is 12.7 Å². The van der Waals surface area contributed by atoms with Gasteiger partial charge in [0.05, 0.1) is 5.60 Å². The normalized spacial score (nSPS) is 35.7. The van der Waals surface area contributed by atoms with Crippen LogP contribution in [-0.2, 0) is 9.53 Å². The Kier molecular flexibility index (Phi) is 3.26. The zero-order valence-corrected chi connectivity index (χ0v) is 8.45. The average Bonchev–Trinajstić information content (AvgIpc) is 2.47. The summed E-state index contributed by atoms with van der Waals surface area (Å²) in [6, 6.07) is 0. The maximum absolute atomic E-state index is 10.5. The predicted octanol–water partition coefficient (Wildman–Crippen LogP) is 2.34. The highest BCUT2D eigenvalue weighted by atomic mass is 16.5. The van der Waals surface area contributed by atoms with Crippen molar-refractivity contribution in [2.24, 2.45) is 5.92 Å². The molecule has 0 N–H and O–H groups in total. The highest BCUT2D eigenvalue weighted by Gasteiger charge is 2.36. The van der Waals surface area contributed by atoms with Crippen molar-refractivity contribution in [2.75, 3.05) is 0 Å². The van der Waals surface area contributed by atoms with Crippen molar-refractivity contribution in [1.29, 1.82) is 0 Å². The van der Waals surface area contributed by atoms with E-state index in [1.165, 1.54) is 0 Å². The van der Waals surface area contributed by atoms with Gasteiger partial charge in [-0.25, -0.2) is 0 Å². The summed E-state index contributed by atoms with van der Waals surface area (Å²) in [5, 5.41) is 0. The van der Waals surface area contributed by atoms with E-state index in [0.29, 0.717) is 5.92 Å². The monoisotopic (exact) mass is 182 g/mol. The lowest BCUT2D eigenvalue weighted by Gasteiger charge is -2.26. The number of carbonyl (C=O) groups excluding carboxylic acids is 1. The highest BCUT2D eigenvalue weighted by molar-refractivity contribution is 5.56. The summed E-state index contributed by atoms with van der Waals surface area (Å²) >= 11 is 0. The Morgan fingerprint density at radius 2 is 2.46 bits per heavy atom. The van der Waals surface area contributed by atoms with Crippen LogP contribution >= 0.6 is 0 Å². The summed E-state index contributed by atoms with van der Waals surface area (Å²) in [7, 11) is 0. The second-order valence-corrected chi connectivity index (χ2v) is 4.20. The topological polar surface area (TPSA) is 26.3 Å². The molecule has 0 spiro atoms. The summed E-state index contributed by atoms with van der Waals surface area (Å²) < 4.78 is 5.65. The second-order valence-electron chi connectivity index (χ2n) is 4.20. The van der Waals surface area contributed by atoms with Crippen molar-refractivity contribution in [1.82, 2.24) is 0 Å². The molecular formula is C11H18O2. The molecule has 74 valence electrons. The number of hydrogen-bond donors (Lipinski definition) is 0. The van der Waals surface area contributed by atoms with E-state index in [2.05, 4.69) is 20.4 Å². The zero-order valence-electron chi connectivity index (χ0n) is 8.45. The van der Waals surface area contributed by atoms with Gasteiger partial charge in [-0.15, -0.1) is 6.58 Å². The Balaban J connectivity index is 2.48. The molecule has 0 unspecified atom stereocenters. The molecule has 1 aliphatic rings. The van der Waals surface area contributed by atoms with Gasteiger partial charge in [0.2, 0.25) is 0 Å². The molecule has 1 saturated heterocycles. The van der Waals surface area contributed by atoms with E-state index in [9.17, 15) is 4.79 Å². The van der Waals surface area contributed by atoms with Crippen molar-refractivity contribution in [2.45, 2.75) is 44.8 Å². The van der Waals surface area contributed by atoms with Crippen LogP contribution < -0.4 is 0 Å². The molecule has 1 heterocycles. The molecule has 0 aliphatic carbocycles. The molecule has 13 heavy (non-hydrogen) atoms. The number of aldehydes is 1. The molecule has 1 fully saturated rings. The minimum atomic E-state index is -0.179. The summed E-state index contributed by atoms with van der Waals surface area (Å²) in [4.78, 5) is 10.5. The van der Waals surface area contributed by atoms with E-state index in [0.717, 1.165) is 25.5 Å². The summed E-state index contributed by atoms with van der Waals surface area (Å²) in [6.07, 6.45) is 5.47. The fourth-order valence-corrected chi connectivity index (χ4v) is 1.94. The van der Waals surface area contributed by atoms with Gasteiger partial charge in [-0.05, 0) is 32.1 Å². The van der Waals surface area contributed by atoms with Crippen LogP contribution in [0.25, 0.3) is 0 Å². The fourth-order valence-electron chi connectivity index (χ4n) is 1.94. The summed E-state index contributed by atoms with van der Waals surface area (Å²) in [6.45, 7) is 7.95. The Labute approximate surface area is 80.0 Å². The van der Waals surface area contributed by atoms with Gasteiger partial charge in [0.1, 0.15) is 12.4 Å². The SMILES string of the molecule is C=C[C@H](C)C[C@@]1(C)CC[C@H](C=O)O1. The summed E-state index contributed by atoms with van der Waals surface area (Å²) in [5.74, 6) is 0.454. The minimum absolute atomic E-state index is 0.112. The van der Waals surface area contributed by atoms with Crippen LogP contribution in [0.15, 0.2) is 12.7 Å². The average molecular weight is 182 g/mol. The van der Waals surface area contributed by atoms with E-state index in [1.54, 1.807) is 0 Å². The smallest absolute Gasteiger partial charge is 0.148 e. The maximum Gasteiger partial charge on any atom is 0.148 e. The second kappa shape index (κ2) is 4.05. The molecule has 2 heteroatoms. The lowest BCUT2D eigenvalue weighted by Crippen LogP contribution is -2.27. The van der Waals surface area contributed by atoms with E-state index in [-0.39, 0.29) is 11.7 Å². The van der Waals surface area contributed by atoms with Crippen LogP contribution in [0.5, 0.6) is 0 Å². The Bertz CT molecular complexity index is 200. The van der Waals surface area contributed by atoms with Crippen LogP contribution in [0.2, 0.25) is 0 Å². The van der Waals surface area contributed by atoms with Gasteiger partial charge in [-0.3, -0.25) is 0 Å². The van der Waals surface area contributed by atoms with Gasteiger partial charge in [0, 0.05) is 0 Å². The van der Waals surface area contributed by atoms with E-state index >= 15 is 0 Å². The van der Waals surface area contributed by atoms with Crippen LogP contribution in [0.1, 0.15) is 33.1 Å². The summed E-state index contributed by atoms with van der Waals surface area (Å²) in [5.41, 5.74) is -0.112. The third kappa shape index (κ3) is 2.66. The van der Waals surface area contributed by atoms with Crippen molar-refractivity contribution in [3.63, 3.8) is 0 Å². The standard InChI is InChI=1S/C11H18O2/c1-4-9(2)7-11(3)6-5-10(8-12)13-11/h4,8-10H,1,5-7H2,2-3H3/t9-,10+,11+/m0/s1. The molecule has 0 aromatic carbocycles. The molecule has 0 aromatic rings. The van der Waals surface area contributed by atoms with Gasteiger partial charge in [0.25, 0.3) is 0 Å². The first-order valence-corrected chi connectivity index (χ1v) is 4.85. The van der Waals surface area contributed by atoms with Gasteiger partial charge in [-0.1, -0.05) is 13.0 Å². The van der Waals surface area contributed by atoms with Crippen molar-refractivity contribution in [3.8, 4) is 0 Å². The number of carbonyl (C=O) groups is 1. The number of hydrogen-bond acceptors (Lipinski definition) is 2. The molecular weight excluding hydrogens is 164 g/mol. The van der Waals surface area contributed by atoms with E-state index in [4.69, 9.17) is 4.74 Å². The zero-order chi connectivity index (χ0) is 9.90. The van der Waals surface area contributed by atoms with E-state index < -0.39 is 0 Å². The Morgan fingerprint density at radius 3 is 2.92 bits per heavy atom. The quantitative estimate of drug-likeness (QED) is 0.492. The largest absolute Gasteiger partial charge is 0.365 e. The first-order valence-electron chi connectivity index (χ1n) is 4.85. The lowest BCUT2D eigenvalue weighted by molar-refractivity contribution is -0.122. The van der Waals surface area contributed by atoms with Crippen LogP contribution in [0.3, 0.4) is 0 Å². The lowest BCUT2D eigenvalue weighted by atomic mass is 9.91. The molecule has 3 atom stereocenters. The van der Waals surface area contributed by atoms with Gasteiger partial charge >= 0.3 is 0 Å². The molecule has 2 nitrogen and oxygen atoms in total. The molecule has 0 saturated carbocycles. The fraction of sp³-hybridized carbons (Fsp3) is 0.727. The highest BCUT2D eigenvalue weighted by Crippen LogP contribution is 2.34. The maximum atomic E-state index is 10.5. The first kappa shape index (κ1) is 10.5. The molecule has 1 rings (SSSR count). The van der Waals surface area contributed by atoms with Crippen LogP contribution in [0, 0.1) is 5.92 Å². The first-order chi connectivity index (χ1) is 6.09. The van der Waals surface area contributed by atoms with Crippen molar-refractivity contribution >= 4 is 6.29 Å².